The van der Waals surface area contributed by atoms with E-state index in [0.717, 1.165) is 19.3 Å². The van der Waals surface area contributed by atoms with Crippen LogP contribution in [0.4, 0.5) is 5.69 Å². The third-order valence-electron chi connectivity index (χ3n) is 8.82. The van der Waals surface area contributed by atoms with E-state index in [1.807, 2.05) is 6.92 Å². The maximum atomic E-state index is 13.2. The molecule has 4 bridgehead atoms. The molecule has 5 aliphatic rings. The molecule has 4 fully saturated rings. The third kappa shape index (κ3) is 3.11. The molecule has 0 unspecified atom stereocenters. The quantitative estimate of drug-likeness (QED) is 0.483. The number of carbonyl (C=O) groups is 3. The molecule has 1 amide bonds. The van der Waals surface area contributed by atoms with Gasteiger partial charge in [-0.15, -0.1) is 0 Å². The van der Waals surface area contributed by atoms with Crippen molar-refractivity contribution < 1.29 is 33.7 Å². The highest BCUT2D eigenvalue weighted by molar-refractivity contribution is 6.01. The monoisotopic (exact) mass is 469 g/mol. The molecule has 1 aromatic carbocycles. The number of hydrogen-bond donors (Lipinski definition) is 2. The molecule has 0 aromatic heterocycles. The maximum absolute atomic E-state index is 13.2. The minimum absolute atomic E-state index is 0.00119. The summed E-state index contributed by atoms with van der Waals surface area (Å²) < 4.78 is 16.4. The van der Waals surface area contributed by atoms with Gasteiger partial charge in [-0.25, -0.2) is 4.79 Å². The summed E-state index contributed by atoms with van der Waals surface area (Å²) in [6.07, 6.45) is 7.22. The summed E-state index contributed by atoms with van der Waals surface area (Å²) in [4.78, 5) is 38.1. The van der Waals surface area contributed by atoms with Crippen LogP contribution < -0.4 is 10.1 Å². The second kappa shape index (κ2) is 7.57. The summed E-state index contributed by atoms with van der Waals surface area (Å²) in [6.45, 7) is 4.16. The third-order valence-corrected chi connectivity index (χ3v) is 8.82. The molecule has 1 spiro atoms. The van der Waals surface area contributed by atoms with Gasteiger partial charge in [0.2, 0.25) is 5.91 Å². The van der Waals surface area contributed by atoms with Crippen LogP contribution in [0.3, 0.4) is 0 Å². The van der Waals surface area contributed by atoms with Crippen molar-refractivity contribution in [1.29, 1.82) is 0 Å². The van der Waals surface area contributed by atoms with E-state index in [4.69, 9.17) is 9.47 Å². The van der Waals surface area contributed by atoms with E-state index in [-0.39, 0.29) is 58.1 Å². The molecule has 8 heteroatoms. The van der Waals surface area contributed by atoms with Crippen molar-refractivity contribution in [3.05, 3.63) is 29.8 Å². The normalized spacial score (nSPS) is 36.9. The lowest BCUT2D eigenvalue weighted by Crippen LogP contribution is -2.56. The second-order valence-electron chi connectivity index (χ2n) is 10.7. The van der Waals surface area contributed by atoms with Crippen LogP contribution in [0.2, 0.25) is 0 Å². The molecule has 182 valence electrons. The van der Waals surface area contributed by atoms with Crippen LogP contribution in [0, 0.1) is 22.7 Å². The van der Waals surface area contributed by atoms with Gasteiger partial charge >= 0.3 is 5.97 Å². The van der Waals surface area contributed by atoms with Crippen LogP contribution in [-0.2, 0) is 19.1 Å². The van der Waals surface area contributed by atoms with Crippen molar-refractivity contribution in [2.45, 2.75) is 57.7 Å². The maximum Gasteiger partial charge on any atom is 0.341 e. The van der Waals surface area contributed by atoms with Gasteiger partial charge in [0.05, 0.1) is 25.9 Å². The molecule has 6 atom stereocenters. The Balaban J connectivity index is 1.36. The molecule has 2 saturated carbocycles. The van der Waals surface area contributed by atoms with Crippen molar-refractivity contribution in [1.82, 2.24) is 0 Å². The predicted octanol–water partition coefficient (Wildman–Crippen LogP) is 3.63. The Hall–Kier alpha value is -2.87. The highest BCUT2D eigenvalue weighted by Gasteiger charge is 2.71. The van der Waals surface area contributed by atoms with E-state index >= 15 is 0 Å². The van der Waals surface area contributed by atoms with Crippen molar-refractivity contribution in [3.63, 3.8) is 0 Å². The molecule has 8 nitrogen and oxygen atoms in total. The average Bonchev–Trinajstić information content (AvgIpc) is 3.17. The first-order chi connectivity index (χ1) is 16.1. The lowest BCUT2D eigenvalue weighted by molar-refractivity contribution is -0.169. The molecule has 3 aliphatic carbocycles. The van der Waals surface area contributed by atoms with Gasteiger partial charge in [0, 0.05) is 17.8 Å². The number of hydrogen-bond acceptors (Lipinski definition) is 7. The summed E-state index contributed by atoms with van der Waals surface area (Å²) in [5, 5.41) is 13.2. The Bertz CT molecular complexity index is 1110. The number of rotatable bonds is 6. The Morgan fingerprint density at radius 1 is 1.26 bits per heavy atom. The fraction of sp³-hybridized carbons (Fsp3) is 0.577. The van der Waals surface area contributed by atoms with Gasteiger partial charge in [-0.05, 0) is 62.1 Å². The molecule has 2 aliphatic heterocycles. The average molecular weight is 470 g/mol. The van der Waals surface area contributed by atoms with Crippen molar-refractivity contribution in [3.8, 4) is 11.5 Å². The number of phenols is 1. The van der Waals surface area contributed by atoms with Gasteiger partial charge in [-0.3, -0.25) is 9.59 Å². The molecule has 2 saturated heterocycles. The second-order valence-corrected chi connectivity index (χ2v) is 10.7. The van der Waals surface area contributed by atoms with Gasteiger partial charge in [-0.2, -0.15) is 0 Å². The number of ether oxygens (including phenoxy) is 3. The number of benzene rings is 1. The van der Waals surface area contributed by atoms with E-state index < -0.39 is 17.1 Å². The number of ketones is 1. The number of carbonyl (C=O) groups excluding carboxylic acids is 3. The van der Waals surface area contributed by atoms with Gasteiger partial charge in [0.15, 0.2) is 11.5 Å². The van der Waals surface area contributed by atoms with Crippen LogP contribution >= 0.6 is 0 Å². The Kier molecular flexibility index (Phi) is 5.10. The molecule has 2 N–H and O–H groups in total. The van der Waals surface area contributed by atoms with Crippen LogP contribution in [0.25, 0.3) is 0 Å². The largest absolute Gasteiger partial charge is 0.505 e. The standard InChI is InChI=1S/C26H31NO7/c1-24(18(28)7-10-26-12-14-11-17(22(24)26)34-25(14,2)13-26)9-8-19(29)27-20-16(32-3)6-5-15(21(20)30)23(31)33-4/h5-7,10,14,17,22,30H,8-9,11-13H2,1-4H3,(H,27,29)/t14-,17+,22+,24-,25+,26+/m1/s1. The molecule has 34 heavy (non-hydrogen) atoms. The number of anilines is 1. The van der Waals surface area contributed by atoms with E-state index in [1.165, 1.54) is 26.4 Å². The van der Waals surface area contributed by atoms with Gasteiger partial charge < -0.3 is 24.6 Å². The zero-order valence-corrected chi connectivity index (χ0v) is 20.0. The first-order valence-corrected chi connectivity index (χ1v) is 11.8. The molecule has 6 rings (SSSR count). The zero-order chi connectivity index (χ0) is 24.5. The number of methoxy groups -OCH3 is 2. The number of phenolic OH excluding ortho intramolecular Hbond substituents is 1. The topological polar surface area (TPSA) is 111 Å². The predicted molar refractivity (Wildman–Crippen MR) is 123 cm³/mol. The number of aromatic hydroxyl groups is 1. The Morgan fingerprint density at radius 3 is 2.71 bits per heavy atom. The summed E-state index contributed by atoms with van der Waals surface area (Å²) >= 11 is 0. The lowest BCUT2D eigenvalue weighted by Gasteiger charge is -2.55. The lowest BCUT2D eigenvalue weighted by atomic mass is 9.51. The zero-order valence-electron chi connectivity index (χ0n) is 20.0. The Labute approximate surface area is 198 Å². The number of amides is 1. The molecular weight excluding hydrogens is 438 g/mol. The minimum atomic E-state index is -0.729. The van der Waals surface area contributed by atoms with Crippen molar-refractivity contribution >= 4 is 23.3 Å². The first kappa shape index (κ1) is 22.9. The first-order valence-electron chi connectivity index (χ1n) is 11.8. The summed E-state index contributed by atoms with van der Waals surface area (Å²) in [5.41, 5.74) is -0.948. The number of nitrogens with one attached hydrogen (secondary N) is 1. The summed E-state index contributed by atoms with van der Waals surface area (Å²) in [6, 6.07) is 2.85. The highest BCUT2D eigenvalue weighted by atomic mass is 16.5. The van der Waals surface area contributed by atoms with Gasteiger partial charge in [0.1, 0.15) is 17.0 Å². The van der Waals surface area contributed by atoms with E-state index in [9.17, 15) is 19.5 Å². The van der Waals surface area contributed by atoms with E-state index in [1.54, 1.807) is 6.08 Å². The number of allylic oxidation sites excluding steroid dienone is 2. The highest BCUT2D eigenvalue weighted by Crippen LogP contribution is 2.71. The van der Waals surface area contributed by atoms with Crippen LogP contribution in [0.15, 0.2) is 24.3 Å². The Morgan fingerprint density at radius 2 is 2.03 bits per heavy atom. The van der Waals surface area contributed by atoms with E-state index in [0.29, 0.717) is 12.3 Å². The van der Waals surface area contributed by atoms with Gasteiger partial charge in [-0.1, -0.05) is 13.0 Å². The van der Waals surface area contributed by atoms with Crippen molar-refractivity contribution in [2.24, 2.45) is 22.7 Å². The fourth-order valence-electron chi connectivity index (χ4n) is 7.35. The fourth-order valence-corrected chi connectivity index (χ4v) is 7.35. The van der Waals surface area contributed by atoms with Gasteiger partial charge in [0.25, 0.3) is 0 Å². The van der Waals surface area contributed by atoms with E-state index in [2.05, 4.69) is 23.1 Å². The van der Waals surface area contributed by atoms with Crippen molar-refractivity contribution in [2.75, 3.05) is 19.5 Å². The molecule has 1 aromatic rings. The molecular formula is C26H31NO7. The SMILES string of the molecule is COC(=O)c1ccc(OC)c(NC(=O)CC[C@]2(C)C(=O)C=C[C@]34C[C@H]5C[C@H](O[C@@]5(C)C3)[C@H]42)c1O. The molecule has 2 heterocycles. The summed E-state index contributed by atoms with van der Waals surface area (Å²) in [5.74, 6) is -0.717. The number of esters is 1. The smallest absolute Gasteiger partial charge is 0.341 e. The van der Waals surface area contributed by atoms with Crippen LogP contribution in [0.1, 0.15) is 56.3 Å². The van der Waals surface area contributed by atoms with Crippen LogP contribution in [-0.4, -0.2) is 48.7 Å². The van der Waals surface area contributed by atoms with Crippen LogP contribution in [0.5, 0.6) is 11.5 Å². The minimum Gasteiger partial charge on any atom is -0.505 e. The summed E-state index contributed by atoms with van der Waals surface area (Å²) in [7, 11) is 2.61. The molecule has 0 radical (unpaired) electrons.